The Hall–Kier alpha value is -2.27. The molecule has 23 heavy (non-hydrogen) atoms. The van der Waals surface area contributed by atoms with E-state index in [0.29, 0.717) is 24.1 Å². The van der Waals surface area contributed by atoms with Crippen molar-refractivity contribution in [3.63, 3.8) is 0 Å². The van der Waals surface area contributed by atoms with Gasteiger partial charge in [0.2, 0.25) is 0 Å². The van der Waals surface area contributed by atoms with Gasteiger partial charge in [-0.05, 0) is 35.4 Å². The number of benzene rings is 2. The number of hydrogen-bond donors (Lipinski definition) is 2. The van der Waals surface area contributed by atoms with Gasteiger partial charge in [-0.1, -0.05) is 29.8 Å². The Morgan fingerprint density at radius 2 is 1.70 bits per heavy atom. The van der Waals surface area contributed by atoms with Crippen LogP contribution in [0.1, 0.15) is 11.1 Å². The molecule has 0 spiro atoms. The quantitative estimate of drug-likeness (QED) is 0.650. The highest BCUT2D eigenvalue weighted by Gasteiger charge is 2.04. The summed E-state index contributed by atoms with van der Waals surface area (Å²) >= 11 is 5.86. The van der Waals surface area contributed by atoms with Gasteiger partial charge in [-0.2, -0.15) is 0 Å². The molecule has 4 nitrogen and oxygen atoms in total. The molecule has 0 unspecified atom stereocenters. The number of aliphatic imine (C=N–C) groups is 1. The molecule has 0 saturated carbocycles. The Morgan fingerprint density at radius 3 is 2.26 bits per heavy atom. The van der Waals surface area contributed by atoms with Crippen LogP contribution in [-0.4, -0.2) is 20.1 Å². The lowest BCUT2D eigenvalue weighted by atomic mass is 10.2. The first-order chi connectivity index (χ1) is 11.1. The van der Waals surface area contributed by atoms with Gasteiger partial charge >= 0.3 is 0 Å². The maximum absolute atomic E-state index is 13.6. The van der Waals surface area contributed by atoms with Crippen LogP contribution < -0.4 is 15.4 Å². The van der Waals surface area contributed by atoms with Crippen molar-refractivity contribution in [1.29, 1.82) is 0 Å². The number of rotatable bonds is 5. The van der Waals surface area contributed by atoms with E-state index in [0.717, 1.165) is 11.1 Å². The fourth-order valence-electron chi connectivity index (χ4n) is 2.01. The van der Waals surface area contributed by atoms with E-state index in [1.54, 1.807) is 19.2 Å². The second-order valence-corrected chi connectivity index (χ2v) is 5.31. The van der Waals surface area contributed by atoms with E-state index < -0.39 is 0 Å². The average Bonchev–Trinajstić information content (AvgIpc) is 2.56. The summed E-state index contributed by atoms with van der Waals surface area (Å²) in [6.45, 7) is 1.08. The van der Waals surface area contributed by atoms with Crippen LogP contribution in [0.5, 0.6) is 5.75 Å². The van der Waals surface area contributed by atoms with Crippen molar-refractivity contribution in [2.45, 2.75) is 13.1 Å². The van der Waals surface area contributed by atoms with Crippen molar-refractivity contribution in [2.24, 2.45) is 4.99 Å². The van der Waals surface area contributed by atoms with Gasteiger partial charge in [0.15, 0.2) is 17.5 Å². The van der Waals surface area contributed by atoms with E-state index in [4.69, 9.17) is 16.3 Å². The van der Waals surface area contributed by atoms with E-state index in [9.17, 15) is 4.39 Å². The summed E-state index contributed by atoms with van der Waals surface area (Å²) in [6.07, 6.45) is 0. The molecule has 0 amide bonds. The van der Waals surface area contributed by atoms with Gasteiger partial charge in [-0.15, -0.1) is 0 Å². The number of nitrogens with one attached hydrogen (secondary N) is 2. The Balaban J connectivity index is 1.87. The minimum absolute atomic E-state index is 0.235. The van der Waals surface area contributed by atoms with Gasteiger partial charge < -0.3 is 15.4 Å². The van der Waals surface area contributed by atoms with Gasteiger partial charge in [0.1, 0.15) is 0 Å². The standard InChI is InChI=1S/C17H19ClFN3O/c1-20-17(21-10-12-3-6-14(18)7-4-12)22-11-13-5-8-16(23-2)15(19)9-13/h3-9H,10-11H2,1-2H3,(H2,20,21,22). The summed E-state index contributed by atoms with van der Waals surface area (Å²) in [4.78, 5) is 4.14. The highest BCUT2D eigenvalue weighted by Crippen LogP contribution is 2.17. The maximum Gasteiger partial charge on any atom is 0.191 e. The molecule has 0 aliphatic carbocycles. The topological polar surface area (TPSA) is 45.7 Å². The summed E-state index contributed by atoms with van der Waals surface area (Å²) in [7, 11) is 3.13. The lowest BCUT2D eigenvalue weighted by Crippen LogP contribution is -2.36. The van der Waals surface area contributed by atoms with Crippen molar-refractivity contribution in [3.05, 3.63) is 64.4 Å². The maximum atomic E-state index is 13.6. The molecule has 6 heteroatoms. The number of methoxy groups -OCH3 is 1. The predicted octanol–water partition coefficient (Wildman–Crippen LogP) is 3.35. The Morgan fingerprint density at radius 1 is 1.09 bits per heavy atom. The molecule has 0 aromatic heterocycles. The van der Waals surface area contributed by atoms with Crippen LogP contribution in [0, 0.1) is 5.82 Å². The first kappa shape index (κ1) is 17.1. The molecule has 2 N–H and O–H groups in total. The van der Waals surface area contributed by atoms with Gasteiger partial charge in [-0.3, -0.25) is 4.99 Å². The van der Waals surface area contributed by atoms with Crippen LogP contribution in [0.4, 0.5) is 4.39 Å². The van der Waals surface area contributed by atoms with Crippen molar-refractivity contribution >= 4 is 17.6 Å². The lowest BCUT2D eigenvalue weighted by molar-refractivity contribution is 0.386. The second-order valence-electron chi connectivity index (χ2n) is 4.87. The third kappa shape index (κ3) is 5.14. The SMILES string of the molecule is CN=C(NCc1ccc(Cl)cc1)NCc1ccc(OC)c(F)c1. The third-order valence-electron chi connectivity index (χ3n) is 3.27. The first-order valence-electron chi connectivity index (χ1n) is 7.13. The highest BCUT2D eigenvalue weighted by atomic mass is 35.5. The zero-order chi connectivity index (χ0) is 16.7. The number of guanidine groups is 1. The fourth-order valence-corrected chi connectivity index (χ4v) is 2.14. The zero-order valence-electron chi connectivity index (χ0n) is 13.1. The van der Waals surface area contributed by atoms with Crippen molar-refractivity contribution in [3.8, 4) is 5.75 Å². The van der Waals surface area contributed by atoms with Crippen LogP contribution in [0.2, 0.25) is 5.02 Å². The van der Waals surface area contributed by atoms with E-state index in [2.05, 4.69) is 15.6 Å². The van der Waals surface area contributed by atoms with Crippen LogP contribution in [0.15, 0.2) is 47.5 Å². The molecule has 0 aliphatic rings. The van der Waals surface area contributed by atoms with Crippen molar-refractivity contribution in [2.75, 3.05) is 14.2 Å². The molecule has 2 aromatic rings. The molecule has 0 radical (unpaired) electrons. The molecule has 2 aromatic carbocycles. The normalized spacial score (nSPS) is 11.2. The molecule has 0 atom stereocenters. The van der Waals surface area contributed by atoms with Crippen LogP contribution >= 0.6 is 11.6 Å². The van der Waals surface area contributed by atoms with Crippen molar-refractivity contribution in [1.82, 2.24) is 10.6 Å². The van der Waals surface area contributed by atoms with Gasteiger partial charge in [0.05, 0.1) is 7.11 Å². The number of ether oxygens (including phenoxy) is 1. The first-order valence-corrected chi connectivity index (χ1v) is 7.51. The van der Waals surface area contributed by atoms with E-state index in [1.807, 2.05) is 24.3 Å². The van der Waals surface area contributed by atoms with Crippen LogP contribution in [0.25, 0.3) is 0 Å². The molecule has 0 heterocycles. The van der Waals surface area contributed by atoms with Crippen LogP contribution in [0.3, 0.4) is 0 Å². The van der Waals surface area contributed by atoms with Crippen LogP contribution in [-0.2, 0) is 13.1 Å². The number of nitrogens with zero attached hydrogens (tertiary/aromatic N) is 1. The minimum Gasteiger partial charge on any atom is -0.494 e. The Labute approximate surface area is 140 Å². The smallest absolute Gasteiger partial charge is 0.191 e. The second kappa shape index (κ2) is 8.39. The molecular weight excluding hydrogens is 317 g/mol. The molecular formula is C17H19ClFN3O. The van der Waals surface area contributed by atoms with E-state index >= 15 is 0 Å². The fraction of sp³-hybridized carbons (Fsp3) is 0.235. The predicted molar refractivity (Wildman–Crippen MR) is 91.4 cm³/mol. The zero-order valence-corrected chi connectivity index (χ0v) is 13.8. The summed E-state index contributed by atoms with van der Waals surface area (Å²) in [5, 5.41) is 7.03. The number of hydrogen-bond acceptors (Lipinski definition) is 2. The van der Waals surface area contributed by atoms with Gasteiger partial charge in [0, 0.05) is 25.2 Å². The molecule has 0 aliphatic heterocycles. The largest absolute Gasteiger partial charge is 0.494 e. The molecule has 0 fully saturated rings. The summed E-state index contributed by atoms with van der Waals surface area (Å²) < 4.78 is 18.6. The summed E-state index contributed by atoms with van der Waals surface area (Å²) in [6, 6.07) is 12.4. The lowest BCUT2D eigenvalue weighted by Gasteiger charge is -2.12. The summed E-state index contributed by atoms with van der Waals surface area (Å²) in [5.74, 6) is 0.492. The monoisotopic (exact) mass is 335 g/mol. The molecule has 122 valence electrons. The number of halogens is 2. The summed E-state index contributed by atoms with van der Waals surface area (Å²) in [5.41, 5.74) is 1.89. The van der Waals surface area contributed by atoms with Gasteiger partial charge in [0.25, 0.3) is 0 Å². The Bertz CT molecular complexity index is 674. The van der Waals surface area contributed by atoms with E-state index in [-0.39, 0.29) is 11.6 Å². The third-order valence-corrected chi connectivity index (χ3v) is 3.52. The highest BCUT2D eigenvalue weighted by molar-refractivity contribution is 6.30. The molecule has 0 bridgehead atoms. The Kier molecular flexibility index (Phi) is 6.23. The van der Waals surface area contributed by atoms with Gasteiger partial charge in [-0.25, -0.2) is 4.39 Å². The molecule has 0 saturated heterocycles. The minimum atomic E-state index is -0.379. The van der Waals surface area contributed by atoms with E-state index in [1.165, 1.54) is 13.2 Å². The van der Waals surface area contributed by atoms with Crippen molar-refractivity contribution < 1.29 is 9.13 Å². The average molecular weight is 336 g/mol. The molecule has 2 rings (SSSR count).